The molecule has 0 radical (unpaired) electrons. The predicted octanol–water partition coefficient (Wildman–Crippen LogP) is 2.49. The van der Waals surface area contributed by atoms with E-state index in [2.05, 4.69) is 15.5 Å². The summed E-state index contributed by atoms with van der Waals surface area (Å²) in [6, 6.07) is 8.28. The highest BCUT2D eigenvalue weighted by Crippen LogP contribution is 2.26. The van der Waals surface area contributed by atoms with Crippen LogP contribution in [0.15, 0.2) is 24.3 Å². The van der Waals surface area contributed by atoms with Crippen molar-refractivity contribution in [2.45, 2.75) is 37.8 Å². The minimum absolute atomic E-state index is 0.00609. The highest BCUT2D eigenvalue weighted by Gasteiger charge is 2.35. The van der Waals surface area contributed by atoms with Gasteiger partial charge in [-0.1, -0.05) is 18.0 Å². The van der Waals surface area contributed by atoms with E-state index in [9.17, 15) is 4.79 Å². The Labute approximate surface area is 130 Å². The van der Waals surface area contributed by atoms with Crippen molar-refractivity contribution in [1.29, 1.82) is 0 Å². The highest BCUT2D eigenvalue weighted by atomic mass is 35.5. The first-order valence-electron chi connectivity index (χ1n) is 7.75. The molecule has 0 saturated carbocycles. The summed E-state index contributed by atoms with van der Waals surface area (Å²) in [5, 5.41) is 7.00. The molecule has 1 aromatic carbocycles. The van der Waals surface area contributed by atoms with Crippen molar-refractivity contribution in [3.63, 3.8) is 0 Å². The van der Waals surface area contributed by atoms with Crippen molar-refractivity contribution in [3.05, 3.63) is 29.3 Å². The van der Waals surface area contributed by atoms with E-state index in [1.807, 2.05) is 12.1 Å². The van der Waals surface area contributed by atoms with Gasteiger partial charge in [-0.25, -0.2) is 0 Å². The zero-order chi connectivity index (χ0) is 14.7. The summed E-state index contributed by atoms with van der Waals surface area (Å²) in [4.78, 5) is 14.6. The number of carbonyl (C=O) groups excluding carboxylic acids is 1. The van der Waals surface area contributed by atoms with Crippen LogP contribution in [-0.2, 0) is 4.79 Å². The minimum Gasteiger partial charge on any atom is -0.325 e. The molecule has 2 fully saturated rings. The average Bonchev–Trinajstić information content (AvgIpc) is 2.91. The number of anilines is 1. The summed E-state index contributed by atoms with van der Waals surface area (Å²) in [6.45, 7) is 2.76. The smallest absolute Gasteiger partial charge is 0.238 e. The van der Waals surface area contributed by atoms with E-state index in [0.29, 0.717) is 23.7 Å². The molecule has 0 spiro atoms. The second kappa shape index (κ2) is 6.77. The highest BCUT2D eigenvalue weighted by molar-refractivity contribution is 6.30. The van der Waals surface area contributed by atoms with E-state index in [1.54, 1.807) is 12.1 Å². The number of nitrogens with one attached hydrogen (secondary N) is 2. The Hall–Kier alpha value is -1.10. The number of rotatable bonds is 4. The van der Waals surface area contributed by atoms with Gasteiger partial charge in [0.05, 0.1) is 6.54 Å². The molecular formula is C16H22ClN3O. The third-order valence-electron chi connectivity index (χ3n) is 4.51. The van der Waals surface area contributed by atoms with Gasteiger partial charge < -0.3 is 10.6 Å². The van der Waals surface area contributed by atoms with Gasteiger partial charge in [-0.3, -0.25) is 9.69 Å². The lowest BCUT2D eigenvalue weighted by Crippen LogP contribution is -2.46. The Kier molecular flexibility index (Phi) is 4.78. The van der Waals surface area contributed by atoms with Crippen molar-refractivity contribution in [1.82, 2.24) is 10.2 Å². The Morgan fingerprint density at radius 1 is 1.19 bits per heavy atom. The van der Waals surface area contributed by atoms with Gasteiger partial charge in [0.1, 0.15) is 0 Å². The first kappa shape index (κ1) is 14.8. The van der Waals surface area contributed by atoms with Gasteiger partial charge in [0.2, 0.25) is 5.91 Å². The third kappa shape index (κ3) is 3.76. The first-order chi connectivity index (χ1) is 10.2. The van der Waals surface area contributed by atoms with Crippen molar-refractivity contribution < 1.29 is 4.79 Å². The van der Waals surface area contributed by atoms with Gasteiger partial charge in [0.25, 0.3) is 0 Å². The second-order valence-electron chi connectivity index (χ2n) is 5.93. The fraction of sp³-hybridized carbons (Fsp3) is 0.562. The van der Waals surface area contributed by atoms with Crippen LogP contribution in [0.1, 0.15) is 25.7 Å². The maximum Gasteiger partial charge on any atom is 0.238 e. The standard InChI is InChI=1S/C16H22ClN3O/c17-12-4-6-13(7-5-12)19-16(21)11-18-14-8-10-20-9-2-1-3-15(14)20/h4-7,14-15,18H,1-3,8-11H2,(H,19,21). The molecule has 2 aliphatic rings. The topological polar surface area (TPSA) is 44.4 Å². The Morgan fingerprint density at radius 3 is 2.81 bits per heavy atom. The quantitative estimate of drug-likeness (QED) is 0.898. The number of amides is 1. The number of halogens is 1. The zero-order valence-electron chi connectivity index (χ0n) is 12.1. The van der Waals surface area contributed by atoms with Crippen LogP contribution in [0.2, 0.25) is 5.02 Å². The third-order valence-corrected chi connectivity index (χ3v) is 4.76. The van der Waals surface area contributed by atoms with Gasteiger partial charge >= 0.3 is 0 Å². The Balaban J connectivity index is 1.46. The molecule has 5 heteroatoms. The van der Waals surface area contributed by atoms with E-state index >= 15 is 0 Å². The maximum absolute atomic E-state index is 12.0. The van der Waals surface area contributed by atoms with Crippen LogP contribution in [0, 0.1) is 0 Å². The summed E-state index contributed by atoms with van der Waals surface area (Å²) in [5.74, 6) is 0.00609. The molecular weight excluding hydrogens is 286 g/mol. The summed E-state index contributed by atoms with van der Waals surface area (Å²) in [7, 11) is 0. The lowest BCUT2D eigenvalue weighted by molar-refractivity contribution is -0.115. The fourth-order valence-corrected chi connectivity index (χ4v) is 3.57. The molecule has 2 heterocycles. The molecule has 2 unspecified atom stereocenters. The number of hydrogen-bond acceptors (Lipinski definition) is 3. The molecule has 2 saturated heterocycles. The summed E-state index contributed by atoms with van der Waals surface area (Å²) < 4.78 is 0. The number of nitrogens with zero attached hydrogens (tertiary/aromatic N) is 1. The summed E-state index contributed by atoms with van der Waals surface area (Å²) in [5.41, 5.74) is 0.789. The van der Waals surface area contributed by atoms with Crippen LogP contribution < -0.4 is 10.6 Å². The van der Waals surface area contributed by atoms with E-state index in [4.69, 9.17) is 11.6 Å². The molecule has 2 atom stereocenters. The molecule has 21 heavy (non-hydrogen) atoms. The average molecular weight is 308 g/mol. The molecule has 0 aliphatic carbocycles. The lowest BCUT2D eigenvalue weighted by Gasteiger charge is -2.32. The Morgan fingerprint density at radius 2 is 2.00 bits per heavy atom. The molecule has 4 nitrogen and oxygen atoms in total. The Bertz CT molecular complexity index is 491. The maximum atomic E-state index is 12.0. The van der Waals surface area contributed by atoms with Gasteiger partial charge in [-0.2, -0.15) is 0 Å². The van der Waals surface area contributed by atoms with Gasteiger partial charge in [-0.05, 0) is 50.1 Å². The van der Waals surface area contributed by atoms with Crippen molar-refractivity contribution in [2.24, 2.45) is 0 Å². The minimum atomic E-state index is 0.00609. The second-order valence-corrected chi connectivity index (χ2v) is 6.37. The number of hydrogen-bond donors (Lipinski definition) is 2. The molecule has 1 aromatic rings. The van der Waals surface area contributed by atoms with Crippen LogP contribution >= 0.6 is 11.6 Å². The van der Waals surface area contributed by atoms with Crippen molar-refractivity contribution >= 4 is 23.2 Å². The van der Waals surface area contributed by atoms with Crippen molar-refractivity contribution in [3.8, 4) is 0 Å². The predicted molar refractivity (Wildman–Crippen MR) is 85.7 cm³/mol. The van der Waals surface area contributed by atoms with Gasteiger partial charge in [-0.15, -0.1) is 0 Å². The van der Waals surface area contributed by atoms with Crippen LogP contribution in [0.25, 0.3) is 0 Å². The molecule has 2 N–H and O–H groups in total. The largest absolute Gasteiger partial charge is 0.325 e. The molecule has 3 rings (SSSR count). The summed E-state index contributed by atoms with van der Waals surface area (Å²) in [6.07, 6.45) is 5.05. The van der Waals surface area contributed by atoms with Crippen LogP contribution in [0.4, 0.5) is 5.69 Å². The molecule has 114 valence electrons. The SMILES string of the molecule is O=C(CNC1CCN2CCCCC12)Nc1ccc(Cl)cc1. The van der Waals surface area contributed by atoms with Crippen LogP contribution in [0.3, 0.4) is 0 Å². The normalized spacial score (nSPS) is 25.6. The van der Waals surface area contributed by atoms with Crippen LogP contribution in [0.5, 0.6) is 0 Å². The zero-order valence-corrected chi connectivity index (χ0v) is 12.9. The molecule has 1 amide bonds. The molecule has 2 aliphatic heterocycles. The van der Waals surface area contributed by atoms with Gasteiger partial charge in [0, 0.05) is 29.3 Å². The van der Waals surface area contributed by atoms with E-state index in [-0.39, 0.29) is 5.91 Å². The number of fused-ring (bicyclic) bond motifs is 1. The number of carbonyl (C=O) groups is 1. The van der Waals surface area contributed by atoms with Crippen molar-refractivity contribution in [2.75, 3.05) is 25.0 Å². The first-order valence-corrected chi connectivity index (χ1v) is 8.13. The van der Waals surface area contributed by atoms with Crippen LogP contribution in [-0.4, -0.2) is 42.5 Å². The molecule has 0 bridgehead atoms. The summed E-state index contributed by atoms with van der Waals surface area (Å²) >= 11 is 5.83. The van der Waals surface area contributed by atoms with E-state index < -0.39 is 0 Å². The fourth-order valence-electron chi connectivity index (χ4n) is 3.45. The van der Waals surface area contributed by atoms with Gasteiger partial charge in [0.15, 0.2) is 0 Å². The lowest BCUT2D eigenvalue weighted by atomic mass is 9.99. The molecule has 0 aromatic heterocycles. The number of piperidine rings is 1. The van der Waals surface area contributed by atoms with E-state index in [1.165, 1.54) is 32.4 Å². The number of benzene rings is 1. The monoisotopic (exact) mass is 307 g/mol. The van der Waals surface area contributed by atoms with E-state index in [0.717, 1.165) is 12.1 Å².